The topological polar surface area (TPSA) is 62.7 Å². The average Bonchev–Trinajstić information content (AvgIpc) is 3.03. The van der Waals surface area contributed by atoms with E-state index in [0.29, 0.717) is 6.54 Å². The van der Waals surface area contributed by atoms with Gasteiger partial charge in [-0.1, -0.05) is 49.4 Å². The molecule has 0 spiro atoms. The molecular formula is C24H26N4O. The number of aryl methyl sites for hydroxylation is 1. The lowest BCUT2D eigenvalue weighted by Gasteiger charge is -2.16. The van der Waals surface area contributed by atoms with Crippen LogP contribution in [0.5, 0.6) is 0 Å². The van der Waals surface area contributed by atoms with Gasteiger partial charge in [0.2, 0.25) is 0 Å². The molecule has 0 saturated carbocycles. The van der Waals surface area contributed by atoms with Crippen LogP contribution in [0.4, 0.5) is 0 Å². The first-order chi connectivity index (χ1) is 14.2. The molecule has 2 heterocycles. The number of hydrogen-bond donors (Lipinski definition) is 2. The monoisotopic (exact) mass is 386 g/mol. The normalized spacial score (nSPS) is 15.3. The number of aromatic amines is 1. The second-order valence-electron chi connectivity index (χ2n) is 7.93. The number of benzene rings is 1. The summed E-state index contributed by atoms with van der Waals surface area (Å²) < 4.78 is 1.97. The predicted octanol–water partition coefficient (Wildman–Crippen LogP) is 3.71. The first kappa shape index (κ1) is 18.1. The summed E-state index contributed by atoms with van der Waals surface area (Å²) in [5.41, 5.74) is 7.67. The Morgan fingerprint density at radius 2 is 1.97 bits per heavy atom. The standard InChI is InChI=1S/C24H26N4O/c1-2-25-14-16-7-5-8-17(13-16)15-28-23-21(22(27-28)18-9-6-10-18)19-11-3-4-12-20(19)24(29)26-23/h5-10,13,25H,2-4,11-12,14-15H2,1H3,(H,26,29). The molecule has 5 nitrogen and oxygen atoms in total. The van der Waals surface area contributed by atoms with Crippen LogP contribution >= 0.6 is 0 Å². The summed E-state index contributed by atoms with van der Waals surface area (Å²) in [4.78, 5) is 15.9. The molecule has 0 fully saturated rings. The van der Waals surface area contributed by atoms with E-state index in [9.17, 15) is 4.79 Å². The van der Waals surface area contributed by atoms with Gasteiger partial charge in [0, 0.05) is 23.1 Å². The first-order valence-corrected chi connectivity index (χ1v) is 10.6. The zero-order valence-corrected chi connectivity index (χ0v) is 16.8. The molecule has 2 N–H and O–H groups in total. The molecule has 5 rings (SSSR count). The van der Waals surface area contributed by atoms with Gasteiger partial charge >= 0.3 is 0 Å². The summed E-state index contributed by atoms with van der Waals surface area (Å²) in [6.07, 6.45) is 10.3. The number of aromatic nitrogens is 3. The van der Waals surface area contributed by atoms with Crippen molar-refractivity contribution in [2.45, 2.75) is 45.7 Å². The number of rotatable bonds is 6. The lowest BCUT2D eigenvalue weighted by Crippen LogP contribution is -2.20. The molecule has 0 atom stereocenters. The van der Waals surface area contributed by atoms with Crippen LogP contribution in [-0.4, -0.2) is 21.3 Å². The van der Waals surface area contributed by atoms with Crippen LogP contribution < -0.4 is 10.9 Å². The van der Waals surface area contributed by atoms with E-state index in [0.717, 1.165) is 66.6 Å². The van der Waals surface area contributed by atoms with Gasteiger partial charge in [0.15, 0.2) is 0 Å². The van der Waals surface area contributed by atoms with Crippen molar-refractivity contribution in [2.24, 2.45) is 0 Å². The Balaban J connectivity index is 1.61. The number of nitrogens with zero attached hydrogens (tertiary/aromatic N) is 2. The molecule has 148 valence electrons. The van der Waals surface area contributed by atoms with Crippen LogP contribution in [0.3, 0.4) is 0 Å². The number of pyridine rings is 1. The van der Waals surface area contributed by atoms with Crippen LogP contribution in [0.25, 0.3) is 16.6 Å². The van der Waals surface area contributed by atoms with Crippen molar-refractivity contribution in [1.29, 1.82) is 0 Å². The molecule has 0 aliphatic heterocycles. The molecule has 2 aliphatic carbocycles. The highest BCUT2D eigenvalue weighted by Gasteiger charge is 2.24. The Labute approximate surface area is 170 Å². The van der Waals surface area contributed by atoms with Gasteiger partial charge in [0.25, 0.3) is 5.56 Å². The van der Waals surface area contributed by atoms with Gasteiger partial charge in [-0.25, -0.2) is 4.68 Å². The molecule has 0 saturated heterocycles. The van der Waals surface area contributed by atoms with Gasteiger partial charge < -0.3 is 10.3 Å². The second kappa shape index (κ2) is 7.48. The first-order valence-electron chi connectivity index (χ1n) is 10.6. The van der Waals surface area contributed by atoms with E-state index in [1.54, 1.807) is 0 Å². The second-order valence-corrected chi connectivity index (χ2v) is 7.93. The number of fused-ring (bicyclic) bond motifs is 3. The van der Waals surface area contributed by atoms with E-state index in [-0.39, 0.29) is 5.56 Å². The summed E-state index contributed by atoms with van der Waals surface area (Å²) >= 11 is 0. The van der Waals surface area contributed by atoms with Gasteiger partial charge in [-0.05, 0) is 48.9 Å². The summed E-state index contributed by atoms with van der Waals surface area (Å²) in [5.74, 6) is 0. The lowest BCUT2D eigenvalue weighted by molar-refractivity contribution is 0.677. The Morgan fingerprint density at radius 3 is 2.72 bits per heavy atom. The molecule has 0 radical (unpaired) electrons. The molecule has 0 bridgehead atoms. The number of hydrogen-bond acceptors (Lipinski definition) is 3. The Morgan fingerprint density at radius 1 is 1.17 bits per heavy atom. The SMILES string of the molecule is CCNCc1cccc(Cn2nc(C3=CC=C3)c3c4c(c(=O)[nH]c32)CCCC4)c1. The molecular weight excluding hydrogens is 360 g/mol. The quantitative estimate of drug-likeness (QED) is 0.679. The molecule has 0 amide bonds. The maximum Gasteiger partial charge on any atom is 0.253 e. The minimum Gasteiger partial charge on any atom is -0.313 e. The van der Waals surface area contributed by atoms with E-state index in [1.165, 1.54) is 16.7 Å². The molecule has 2 aliphatic rings. The molecule has 29 heavy (non-hydrogen) atoms. The summed E-state index contributed by atoms with van der Waals surface area (Å²) in [6.45, 7) is 4.56. The smallest absolute Gasteiger partial charge is 0.253 e. The Hall–Kier alpha value is -2.92. The fraction of sp³-hybridized carbons (Fsp3) is 0.333. The van der Waals surface area contributed by atoms with Gasteiger partial charge in [0.1, 0.15) is 11.3 Å². The largest absolute Gasteiger partial charge is 0.313 e. The van der Waals surface area contributed by atoms with Gasteiger partial charge in [0.05, 0.1) is 6.54 Å². The Kier molecular flexibility index (Phi) is 4.68. The van der Waals surface area contributed by atoms with Crippen LogP contribution in [0.1, 0.15) is 47.7 Å². The van der Waals surface area contributed by atoms with E-state index >= 15 is 0 Å². The summed E-state index contributed by atoms with van der Waals surface area (Å²) in [5, 5.41) is 9.47. The lowest BCUT2D eigenvalue weighted by atomic mass is 9.89. The highest BCUT2D eigenvalue weighted by Crippen LogP contribution is 2.33. The minimum atomic E-state index is 0.0546. The predicted molar refractivity (Wildman–Crippen MR) is 117 cm³/mol. The molecule has 5 heteroatoms. The average molecular weight is 386 g/mol. The van der Waals surface area contributed by atoms with Crippen LogP contribution in [-0.2, 0) is 25.9 Å². The van der Waals surface area contributed by atoms with Crippen molar-refractivity contribution in [2.75, 3.05) is 6.54 Å². The molecule has 2 aromatic heterocycles. The van der Waals surface area contributed by atoms with Crippen molar-refractivity contribution >= 4 is 16.6 Å². The fourth-order valence-corrected chi connectivity index (χ4v) is 4.44. The zero-order chi connectivity index (χ0) is 19.8. The van der Waals surface area contributed by atoms with E-state index in [1.807, 2.05) is 10.8 Å². The van der Waals surface area contributed by atoms with Crippen LogP contribution in [0, 0.1) is 0 Å². The molecule has 3 aromatic rings. The van der Waals surface area contributed by atoms with Crippen molar-refractivity contribution < 1.29 is 0 Å². The number of nitrogens with one attached hydrogen (secondary N) is 2. The highest BCUT2D eigenvalue weighted by atomic mass is 16.1. The van der Waals surface area contributed by atoms with Gasteiger partial charge in [-0.2, -0.15) is 5.10 Å². The molecule has 0 unspecified atom stereocenters. The number of H-pyrrole nitrogens is 1. The maximum absolute atomic E-state index is 12.8. The summed E-state index contributed by atoms with van der Waals surface area (Å²) in [6, 6.07) is 8.58. The van der Waals surface area contributed by atoms with Crippen molar-refractivity contribution in [3.8, 4) is 0 Å². The third kappa shape index (κ3) is 3.25. The number of allylic oxidation sites excluding steroid dienone is 4. The van der Waals surface area contributed by atoms with E-state index in [4.69, 9.17) is 5.10 Å². The molecule has 1 aromatic carbocycles. The van der Waals surface area contributed by atoms with Crippen LogP contribution in [0.15, 0.2) is 47.3 Å². The Bertz CT molecular complexity index is 1200. The van der Waals surface area contributed by atoms with Crippen molar-refractivity contribution in [1.82, 2.24) is 20.1 Å². The maximum atomic E-state index is 12.8. The summed E-state index contributed by atoms with van der Waals surface area (Å²) in [7, 11) is 0. The van der Waals surface area contributed by atoms with E-state index < -0.39 is 0 Å². The van der Waals surface area contributed by atoms with E-state index in [2.05, 4.69) is 53.6 Å². The third-order valence-electron chi connectivity index (χ3n) is 5.96. The highest BCUT2D eigenvalue weighted by molar-refractivity contribution is 5.96. The van der Waals surface area contributed by atoms with Crippen LogP contribution in [0.2, 0.25) is 0 Å². The minimum absolute atomic E-state index is 0.0546. The fourth-order valence-electron chi connectivity index (χ4n) is 4.44. The zero-order valence-electron chi connectivity index (χ0n) is 16.8. The van der Waals surface area contributed by atoms with Gasteiger partial charge in [-0.15, -0.1) is 0 Å². The van der Waals surface area contributed by atoms with Gasteiger partial charge in [-0.3, -0.25) is 4.79 Å². The van der Waals surface area contributed by atoms with Crippen molar-refractivity contribution in [3.63, 3.8) is 0 Å². The van der Waals surface area contributed by atoms with Crippen molar-refractivity contribution in [3.05, 3.63) is 80.8 Å². The third-order valence-corrected chi connectivity index (χ3v) is 5.96.